The number of carbonyl (C=O) groups is 2. The molecule has 2 atom stereocenters. The minimum atomic E-state index is -0.909. The van der Waals surface area contributed by atoms with Gasteiger partial charge in [0.25, 0.3) is 5.91 Å². The monoisotopic (exact) mass is 554 g/mol. The maximum absolute atomic E-state index is 15.8. The second-order valence-corrected chi connectivity index (χ2v) is 11.9. The van der Waals surface area contributed by atoms with Gasteiger partial charge in [-0.3, -0.25) is 9.59 Å². The lowest BCUT2D eigenvalue weighted by molar-refractivity contribution is -0.117. The summed E-state index contributed by atoms with van der Waals surface area (Å²) in [5, 5.41) is 20.8. The van der Waals surface area contributed by atoms with Crippen LogP contribution in [0.5, 0.6) is 0 Å². The summed E-state index contributed by atoms with van der Waals surface area (Å²) in [5.74, 6) is -0.867. The van der Waals surface area contributed by atoms with Crippen molar-refractivity contribution in [2.75, 3.05) is 29.9 Å². The Bertz CT molecular complexity index is 1120. The highest BCUT2D eigenvalue weighted by Gasteiger charge is 2.30. The Kier molecular flexibility index (Phi) is 11.5. The molecule has 0 bridgehead atoms. The zero-order valence-electron chi connectivity index (χ0n) is 24.7. The molecule has 2 aromatic carbocycles. The van der Waals surface area contributed by atoms with Crippen LogP contribution in [0, 0.1) is 11.7 Å². The minimum absolute atomic E-state index is 0.107. The number of anilines is 2. The molecule has 0 spiro atoms. The van der Waals surface area contributed by atoms with Crippen LogP contribution in [0.25, 0.3) is 0 Å². The van der Waals surface area contributed by atoms with Crippen molar-refractivity contribution in [3.05, 3.63) is 59.4 Å². The molecule has 3 rings (SSSR count). The average molecular weight is 555 g/mol. The molecule has 4 N–H and O–H groups in total. The van der Waals surface area contributed by atoms with Gasteiger partial charge >= 0.3 is 0 Å². The highest BCUT2D eigenvalue weighted by Crippen LogP contribution is 2.30. The van der Waals surface area contributed by atoms with Crippen molar-refractivity contribution in [2.45, 2.75) is 90.8 Å². The molecule has 2 amide bonds. The van der Waals surface area contributed by atoms with E-state index in [0.717, 1.165) is 24.8 Å². The van der Waals surface area contributed by atoms with Gasteiger partial charge in [0.1, 0.15) is 0 Å². The van der Waals surface area contributed by atoms with Crippen molar-refractivity contribution in [1.82, 2.24) is 10.6 Å². The topological polar surface area (TPSA) is 93.7 Å². The van der Waals surface area contributed by atoms with Crippen LogP contribution < -0.4 is 20.9 Å². The number of benzene rings is 2. The maximum atomic E-state index is 15.8. The van der Waals surface area contributed by atoms with E-state index >= 15 is 4.39 Å². The fourth-order valence-electron chi connectivity index (χ4n) is 5.14. The zero-order valence-corrected chi connectivity index (χ0v) is 24.7. The molecule has 0 unspecified atom stereocenters. The molecule has 8 heteroatoms. The van der Waals surface area contributed by atoms with Gasteiger partial charge in [-0.15, -0.1) is 0 Å². The molecule has 0 radical (unpaired) electrons. The second kappa shape index (κ2) is 14.6. The Morgan fingerprint density at radius 3 is 2.52 bits per heavy atom. The number of halogens is 1. The molecule has 40 heavy (non-hydrogen) atoms. The maximum Gasteiger partial charge on any atom is 0.254 e. The smallest absolute Gasteiger partial charge is 0.254 e. The quantitative estimate of drug-likeness (QED) is 0.240. The molecular formula is C32H47FN4O3. The number of rotatable bonds is 15. The Hall–Kier alpha value is -2.97. The summed E-state index contributed by atoms with van der Waals surface area (Å²) in [6.07, 6.45) is 3.68. The zero-order chi connectivity index (χ0) is 29.3. The first-order chi connectivity index (χ1) is 19.0. The number of β-amino-alcohol motifs (C(OH)–C–C–N with tert-alkyl or cyclic N) is 1. The molecule has 1 fully saturated rings. The number of amides is 2. The third kappa shape index (κ3) is 9.03. The van der Waals surface area contributed by atoms with Crippen LogP contribution in [-0.4, -0.2) is 54.2 Å². The molecule has 0 saturated carbocycles. The van der Waals surface area contributed by atoms with E-state index in [0.29, 0.717) is 44.0 Å². The minimum Gasteiger partial charge on any atom is -0.390 e. The third-order valence-electron chi connectivity index (χ3n) is 7.50. The van der Waals surface area contributed by atoms with E-state index in [1.54, 1.807) is 6.07 Å². The van der Waals surface area contributed by atoms with E-state index < -0.39 is 23.9 Å². The van der Waals surface area contributed by atoms with E-state index in [1.807, 2.05) is 37.3 Å². The van der Waals surface area contributed by atoms with Crippen molar-refractivity contribution in [3.63, 3.8) is 0 Å². The van der Waals surface area contributed by atoms with Crippen LogP contribution in [0.2, 0.25) is 0 Å². The van der Waals surface area contributed by atoms with Crippen molar-refractivity contribution in [2.24, 2.45) is 5.92 Å². The van der Waals surface area contributed by atoms with Gasteiger partial charge in [0.2, 0.25) is 5.91 Å². The van der Waals surface area contributed by atoms with Crippen LogP contribution in [0.15, 0.2) is 42.5 Å². The lowest BCUT2D eigenvalue weighted by Crippen LogP contribution is -2.52. The predicted molar refractivity (Wildman–Crippen MR) is 160 cm³/mol. The van der Waals surface area contributed by atoms with Gasteiger partial charge in [0, 0.05) is 37.3 Å². The Morgan fingerprint density at radius 1 is 1.18 bits per heavy atom. The number of nitrogens with one attached hydrogen (secondary N) is 3. The Morgan fingerprint density at radius 2 is 1.90 bits per heavy atom. The van der Waals surface area contributed by atoms with Gasteiger partial charge < -0.3 is 26.0 Å². The molecule has 7 nitrogen and oxygen atoms in total. The second-order valence-electron chi connectivity index (χ2n) is 11.9. The van der Waals surface area contributed by atoms with Gasteiger partial charge in [0.05, 0.1) is 23.4 Å². The standard InChI is InChI=1S/C32H47FN4O3/c1-6-34-24-19-25(30(33)27(20-24)37-17-11-15-29(37)39)31(40)36-26(18-23-13-8-7-9-14-23)28(38)21-35-32(4,5)16-10-12-22(2)3/h7-9,13-14,19-20,22,26,28,34-35,38H,6,10-12,15-18,21H2,1-5H3,(H,36,40)/t26-,28-/m0/s1. The molecular weight excluding hydrogens is 507 g/mol. The summed E-state index contributed by atoms with van der Waals surface area (Å²) >= 11 is 0. The van der Waals surface area contributed by atoms with Crippen molar-refractivity contribution in [1.29, 1.82) is 0 Å². The van der Waals surface area contributed by atoms with Crippen LogP contribution in [0.1, 0.15) is 82.6 Å². The molecule has 1 aliphatic rings. The number of nitrogens with zero attached hydrogens (tertiary/aromatic N) is 1. The van der Waals surface area contributed by atoms with Crippen molar-refractivity contribution < 1.29 is 19.1 Å². The molecule has 1 saturated heterocycles. The molecule has 0 aliphatic carbocycles. The number of carbonyl (C=O) groups excluding carboxylic acids is 2. The number of hydrogen-bond acceptors (Lipinski definition) is 5. The lowest BCUT2D eigenvalue weighted by Gasteiger charge is -2.31. The summed E-state index contributed by atoms with van der Waals surface area (Å²) in [5.41, 5.74) is 1.29. The van der Waals surface area contributed by atoms with E-state index in [1.165, 1.54) is 11.0 Å². The van der Waals surface area contributed by atoms with Gasteiger partial charge in [-0.05, 0) is 63.6 Å². The molecule has 2 aromatic rings. The van der Waals surface area contributed by atoms with Gasteiger partial charge in [-0.2, -0.15) is 0 Å². The SMILES string of the molecule is CCNc1cc(C(=O)N[C@@H](Cc2ccccc2)[C@@H](O)CNC(C)(C)CCCC(C)C)c(F)c(N2CCCC2=O)c1. The first-order valence-corrected chi connectivity index (χ1v) is 14.7. The normalized spacial score (nSPS) is 15.4. The van der Waals surface area contributed by atoms with Gasteiger partial charge in [0.15, 0.2) is 5.82 Å². The summed E-state index contributed by atoms with van der Waals surface area (Å²) in [6, 6.07) is 12.0. The van der Waals surface area contributed by atoms with Gasteiger partial charge in [-0.1, -0.05) is 57.0 Å². The molecule has 0 aromatic heterocycles. The van der Waals surface area contributed by atoms with E-state index in [9.17, 15) is 14.7 Å². The molecule has 1 heterocycles. The van der Waals surface area contributed by atoms with Crippen LogP contribution in [-0.2, 0) is 11.2 Å². The summed E-state index contributed by atoms with van der Waals surface area (Å²) < 4.78 is 15.8. The summed E-state index contributed by atoms with van der Waals surface area (Å²) in [7, 11) is 0. The number of aliphatic hydroxyl groups excluding tert-OH is 1. The van der Waals surface area contributed by atoms with Crippen molar-refractivity contribution in [3.8, 4) is 0 Å². The first-order valence-electron chi connectivity index (χ1n) is 14.7. The lowest BCUT2D eigenvalue weighted by atomic mass is 9.93. The fourth-order valence-corrected chi connectivity index (χ4v) is 5.14. The van der Waals surface area contributed by atoms with Crippen LogP contribution in [0.3, 0.4) is 0 Å². The summed E-state index contributed by atoms with van der Waals surface area (Å²) in [6.45, 7) is 11.8. The van der Waals surface area contributed by atoms with Crippen LogP contribution >= 0.6 is 0 Å². The number of hydrogen-bond donors (Lipinski definition) is 4. The molecule has 1 aliphatic heterocycles. The first kappa shape index (κ1) is 31.6. The highest BCUT2D eigenvalue weighted by molar-refractivity contribution is 6.00. The van der Waals surface area contributed by atoms with Gasteiger partial charge in [-0.25, -0.2) is 4.39 Å². The Balaban J connectivity index is 1.82. The predicted octanol–water partition coefficient (Wildman–Crippen LogP) is 5.28. The van der Waals surface area contributed by atoms with E-state index in [-0.39, 0.29) is 29.2 Å². The fraction of sp³-hybridized carbons (Fsp3) is 0.562. The van der Waals surface area contributed by atoms with E-state index in [2.05, 4.69) is 43.6 Å². The highest BCUT2D eigenvalue weighted by atomic mass is 19.1. The summed E-state index contributed by atoms with van der Waals surface area (Å²) in [4.78, 5) is 27.4. The third-order valence-corrected chi connectivity index (χ3v) is 7.50. The van der Waals surface area contributed by atoms with Crippen molar-refractivity contribution >= 4 is 23.2 Å². The number of aliphatic hydroxyl groups is 1. The molecule has 220 valence electrons. The van der Waals surface area contributed by atoms with E-state index in [4.69, 9.17) is 0 Å². The Labute approximate surface area is 238 Å². The van der Waals surface area contributed by atoms with Crippen LogP contribution in [0.4, 0.5) is 15.8 Å². The average Bonchev–Trinajstić information content (AvgIpc) is 3.33. The largest absolute Gasteiger partial charge is 0.390 e.